The van der Waals surface area contributed by atoms with Gasteiger partial charge >= 0.3 is 5.97 Å². The quantitative estimate of drug-likeness (QED) is 0.617. The summed E-state index contributed by atoms with van der Waals surface area (Å²) >= 11 is 0. The van der Waals surface area contributed by atoms with Crippen LogP contribution in [0.4, 0.5) is 0 Å². The van der Waals surface area contributed by atoms with Crippen LogP contribution in [0.1, 0.15) is 23.3 Å². The number of ether oxygens (including phenoxy) is 1. The van der Waals surface area contributed by atoms with Gasteiger partial charge in [0, 0.05) is 13.0 Å². The molecule has 0 bridgehead atoms. The summed E-state index contributed by atoms with van der Waals surface area (Å²) in [6.07, 6.45) is 0.366. The first-order valence-electron chi connectivity index (χ1n) is 9.41. The van der Waals surface area contributed by atoms with Crippen LogP contribution in [0.25, 0.3) is 0 Å². The summed E-state index contributed by atoms with van der Waals surface area (Å²) in [5.41, 5.74) is 1.73. The molecule has 2 heterocycles. The molecule has 2 aromatic rings. The Bertz CT molecular complexity index is 1020. The van der Waals surface area contributed by atoms with Crippen molar-refractivity contribution in [3.05, 3.63) is 53.5 Å². The maximum atomic E-state index is 13.0. The Morgan fingerprint density at radius 2 is 2.03 bits per heavy atom. The minimum Gasteiger partial charge on any atom is -0.467 e. The summed E-state index contributed by atoms with van der Waals surface area (Å²) in [4.78, 5) is 24.4. The van der Waals surface area contributed by atoms with E-state index in [9.17, 15) is 23.1 Å². The monoisotopic (exact) mass is 436 g/mol. The zero-order chi connectivity index (χ0) is 21.9. The number of esters is 1. The molecule has 1 aliphatic rings. The van der Waals surface area contributed by atoms with Crippen molar-refractivity contribution in [2.24, 2.45) is 0 Å². The van der Waals surface area contributed by atoms with E-state index >= 15 is 0 Å². The van der Waals surface area contributed by atoms with E-state index in [-0.39, 0.29) is 24.4 Å². The number of carbonyl (C=O) groups is 2. The van der Waals surface area contributed by atoms with Crippen molar-refractivity contribution in [1.82, 2.24) is 9.62 Å². The molecule has 1 aromatic heterocycles. The molecule has 0 spiro atoms. The molecule has 1 amide bonds. The number of aliphatic hydroxyl groups excluding tert-OH is 1. The molecular formula is C20H24N2O7S. The number of hydrogen-bond donors (Lipinski definition) is 2. The summed E-state index contributed by atoms with van der Waals surface area (Å²) < 4.78 is 37.1. The average Bonchev–Trinajstić information content (AvgIpc) is 3.36. The number of furan rings is 1. The second kappa shape index (κ2) is 8.99. The van der Waals surface area contributed by atoms with Gasteiger partial charge in [-0.1, -0.05) is 6.07 Å². The van der Waals surface area contributed by atoms with Crippen LogP contribution < -0.4 is 5.32 Å². The predicted molar refractivity (Wildman–Crippen MR) is 106 cm³/mol. The van der Waals surface area contributed by atoms with Gasteiger partial charge in [0.25, 0.3) is 5.91 Å². The smallest absolute Gasteiger partial charge is 0.325 e. The van der Waals surface area contributed by atoms with E-state index in [1.807, 2.05) is 6.92 Å². The molecule has 1 fully saturated rings. The minimum atomic E-state index is -4.02. The van der Waals surface area contributed by atoms with Gasteiger partial charge < -0.3 is 19.6 Å². The van der Waals surface area contributed by atoms with Gasteiger partial charge in [-0.2, -0.15) is 4.31 Å². The fourth-order valence-electron chi connectivity index (χ4n) is 3.16. The highest BCUT2D eigenvalue weighted by atomic mass is 32.2. The SMILES string of the molecule is Cc1ccc(S(=O)(=O)N2CC(O)CC2C(=O)OCC(=O)NCc2ccco2)cc1C. The first kappa shape index (κ1) is 22.0. The van der Waals surface area contributed by atoms with E-state index in [0.29, 0.717) is 5.76 Å². The number of carbonyl (C=O) groups excluding carboxylic acids is 2. The molecule has 2 atom stereocenters. The highest BCUT2D eigenvalue weighted by Crippen LogP contribution is 2.28. The van der Waals surface area contributed by atoms with Gasteiger partial charge in [0.2, 0.25) is 10.0 Å². The molecule has 162 valence electrons. The van der Waals surface area contributed by atoms with Gasteiger partial charge in [0.15, 0.2) is 6.61 Å². The number of sulfonamides is 1. The van der Waals surface area contributed by atoms with Crippen LogP contribution >= 0.6 is 0 Å². The number of aryl methyl sites for hydroxylation is 2. The van der Waals surface area contributed by atoms with Crippen molar-refractivity contribution in [1.29, 1.82) is 0 Å². The van der Waals surface area contributed by atoms with E-state index < -0.39 is 40.7 Å². The summed E-state index contributed by atoms with van der Waals surface area (Å²) in [6.45, 7) is 3.00. The van der Waals surface area contributed by atoms with Crippen LogP contribution in [0.5, 0.6) is 0 Å². The van der Waals surface area contributed by atoms with E-state index in [0.717, 1.165) is 15.4 Å². The van der Waals surface area contributed by atoms with Crippen LogP contribution in [0.3, 0.4) is 0 Å². The van der Waals surface area contributed by atoms with Gasteiger partial charge in [0.1, 0.15) is 11.8 Å². The molecular weight excluding hydrogens is 412 g/mol. The maximum absolute atomic E-state index is 13.0. The van der Waals surface area contributed by atoms with Crippen LogP contribution in [0.2, 0.25) is 0 Å². The molecule has 0 aliphatic carbocycles. The van der Waals surface area contributed by atoms with Gasteiger partial charge in [-0.15, -0.1) is 0 Å². The van der Waals surface area contributed by atoms with E-state index in [1.165, 1.54) is 18.4 Å². The van der Waals surface area contributed by atoms with Crippen LogP contribution in [-0.2, 0) is 30.9 Å². The molecule has 30 heavy (non-hydrogen) atoms. The maximum Gasteiger partial charge on any atom is 0.325 e. The average molecular weight is 436 g/mol. The second-order valence-electron chi connectivity index (χ2n) is 7.19. The Labute approximate surface area is 174 Å². The van der Waals surface area contributed by atoms with Crippen molar-refractivity contribution in [3.8, 4) is 0 Å². The molecule has 1 aliphatic heterocycles. The number of aliphatic hydroxyl groups is 1. The molecule has 9 nitrogen and oxygen atoms in total. The van der Waals surface area contributed by atoms with Gasteiger partial charge in [0.05, 0.1) is 23.8 Å². The number of nitrogens with zero attached hydrogens (tertiary/aromatic N) is 1. The zero-order valence-electron chi connectivity index (χ0n) is 16.7. The molecule has 0 saturated carbocycles. The predicted octanol–water partition coefficient (Wildman–Crippen LogP) is 0.880. The first-order chi connectivity index (χ1) is 14.2. The Kier molecular flexibility index (Phi) is 6.59. The normalized spacial score (nSPS) is 19.6. The lowest BCUT2D eigenvalue weighted by Gasteiger charge is -2.22. The fraction of sp³-hybridized carbons (Fsp3) is 0.400. The van der Waals surface area contributed by atoms with Gasteiger partial charge in [-0.05, 0) is 49.2 Å². The summed E-state index contributed by atoms with van der Waals surface area (Å²) in [6, 6.07) is 6.83. The third-order valence-electron chi connectivity index (χ3n) is 4.98. The van der Waals surface area contributed by atoms with Crippen LogP contribution in [-0.4, -0.2) is 55.0 Å². The van der Waals surface area contributed by atoms with E-state index in [4.69, 9.17) is 9.15 Å². The number of amides is 1. The lowest BCUT2D eigenvalue weighted by atomic mass is 10.1. The molecule has 2 N–H and O–H groups in total. The number of rotatable bonds is 7. The second-order valence-corrected chi connectivity index (χ2v) is 9.08. The van der Waals surface area contributed by atoms with E-state index in [2.05, 4.69) is 5.32 Å². The number of β-amino-alcohol motifs (C(OH)–C–C–N with tert-alkyl or cyclic N) is 1. The molecule has 2 unspecified atom stereocenters. The Morgan fingerprint density at radius 3 is 2.70 bits per heavy atom. The summed E-state index contributed by atoms with van der Waals surface area (Å²) in [5.74, 6) is -0.895. The summed E-state index contributed by atoms with van der Waals surface area (Å²) in [7, 11) is -4.02. The highest BCUT2D eigenvalue weighted by Gasteiger charge is 2.44. The van der Waals surface area contributed by atoms with Crippen molar-refractivity contribution >= 4 is 21.9 Å². The zero-order valence-corrected chi connectivity index (χ0v) is 17.5. The van der Waals surface area contributed by atoms with Crippen LogP contribution in [0, 0.1) is 13.8 Å². The Balaban J connectivity index is 1.65. The number of hydrogen-bond acceptors (Lipinski definition) is 7. The molecule has 3 rings (SSSR count). The topological polar surface area (TPSA) is 126 Å². The molecule has 1 saturated heterocycles. The number of nitrogens with one attached hydrogen (secondary N) is 1. The molecule has 0 radical (unpaired) electrons. The molecule has 1 aromatic carbocycles. The third-order valence-corrected chi connectivity index (χ3v) is 6.85. The largest absolute Gasteiger partial charge is 0.467 e. The highest BCUT2D eigenvalue weighted by molar-refractivity contribution is 7.89. The van der Waals surface area contributed by atoms with Gasteiger partial charge in [-0.3, -0.25) is 9.59 Å². The van der Waals surface area contributed by atoms with Crippen molar-refractivity contribution < 1.29 is 32.3 Å². The first-order valence-corrected chi connectivity index (χ1v) is 10.9. The van der Waals surface area contributed by atoms with Crippen molar-refractivity contribution in [2.75, 3.05) is 13.2 Å². The van der Waals surface area contributed by atoms with Gasteiger partial charge in [-0.25, -0.2) is 8.42 Å². The summed E-state index contributed by atoms with van der Waals surface area (Å²) in [5, 5.41) is 12.5. The van der Waals surface area contributed by atoms with Crippen molar-refractivity contribution in [3.63, 3.8) is 0 Å². The standard InChI is InChI=1S/C20H24N2O7S/c1-13-5-6-17(8-14(13)2)30(26,27)22-11-15(23)9-18(22)20(25)29-12-19(24)21-10-16-4-3-7-28-16/h3-8,15,18,23H,9-12H2,1-2H3,(H,21,24). The van der Waals surface area contributed by atoms with Crippen LogP contribution in [0.15, 0.2) is 45.9 Å². The third kappa shape index (κ3) is 4.89. The molecule has 10 heteroatoms. The fourth-order valence-corrected chi connectivity index (χ4v) is 4.87. The Morgan fingerprint density at radius 1 is 1.27 bits per heavy atom. The minimum absolute atomic E-state index is 0.0358. The Hall–Kier alpha value is -2.69. The van der Waals surface area contributed by atoms with Crippen molar-refractivity contribution in [2.45, 2.75) is 43.9 Å². The lowest BCUT2D eigenvalue weighted by molar-refractivity contribution is -0.151. The van der Waals surface area contributed by atoms with E-state index in [1.54, 1.807) is 25.1 Å². The lowest BCUT2D eigenvalue weighted by Crippen LogP contribution is -2.42. The number of benzene rings is 1.